The summed E-state index contributed by atoms with van der Waals surface area (Å²) in [4.78, 5) is 11.5. The number of anilines is 1. The summed E-state index contributed by atoms with van der Waals surface area (Å²) in [6.45, 7) is 0. The van der Waals surface area contributed by atoms with Crippen LogP contribution in [-0.4, -0.2) is 26.5 Å². The molecule has 1 heterocycles. The van der Waals surface area contributed by atoms with Gasteiger partial charge in [0.15, 0.2) is 0 Å². The van der Waals surface area contributed by atoms with E-state index in [1.165, 1.54) is 0 Å². The minimum atomic E-state index is -0.384. The van der Waals surface area contributed by atoms with E-state index in [4.69, 9.17) is 0 Å². The van der Waals surface area contributed by atoms with Crippen LogP contribution in [0.1, 0.15) is 10.6 Å². The molecule has 2 N–H and O–H groups in total. The van der Waals surface area contributed by atoms with Crippen molar-refractivity contribution in [2.75, 3.05) is 5.32 Å². The van der Waals surface area contributed by atoms with E-state index >= 15 is 0 Å². The fourth-order valence-corrected chi connectivity index (χ4v) is 1.34. The van der Waals surface area contributed by atoms with Crippen LogP contribution in [0.3, 0.4) is 0 Å². The Morgan fingerprint density at radius 1 is 1.33 bits per heavy atom. The lowest BCUT2D eigenvalue weighted by Gasteiger charge is -2.01. The molecule has 0 aliphatic carbocycles. The van der Waals surface area contributed by atoms with Crippen LogP contribution in [0, 0.1) is 3.57 Å². The Hall–Kier alpha value is -1.51. The van der Waals surface area contributed by atoms with Crippen LogP contribution in [0.15, 0.2) is 24.3 Å². The second-order valence-electron chi connectivity index (χ2n) is 2.70. The number of tetrazole rings is 1. The van der Waals surface area contributed by atoms with E-state index in [0.717, 1.165) is 3.57 Å². The lowest BCUT2D eigenvalue weighted by molar-refractivity contribution is 0.101. The van der Waals surface area contributed by atoms with Crippen molar-refractivity contribution in [2.45, 2.75) is 0 Å². The highest BCUT2D eigenvalue weighted by Crippen LogP contribution is 2.11. The van der Waals surface area contributed by atoms with Gasteiger partial charge in [0, 0.05) is 9.26 Å². The van der Waals surface area contributed by atoms with Crippen molar-refractivity contribution >= 4 is 34.2 Å². The third-order valence-corrected chi connectivity index (χ3v) is 2.37. The Labute approximate surface area is 98.6 Å². The third kappa shape index (κ3) is 2.49. The SMILES string of the molecule is O=C(Nc1ccc(I)cc1)c1nn[nH]n1. The lowest BCUT2D eigenvalue weighted by atomic mass is 10.3. The lowest BCUT2D eigenvalue weighted by Crippen LogP contribution is -2.13. The first kappa shape index (κ1) is 10.0. The van der Waals surface area contributed by atoms with Gasteiger partial charge in [-0.05, 0) is 52.1 Å². The molecule has 6 nitrogen and oxygen atoms in total. The molecule has 0 fully saturated rings. The summed E-state index contributed by atoms with van der Waals surface area (Å²) < 4.78 is 1.10. The van der Waals surface area contributed by atoms with Crippen LogP contribution in [0.25, 0.3) is 0 Å². The molecule has 0 aliphatic heterocycles. The summed E-state index contributed by atoms with van der Waals surface area (Å²) in [5, 5.41) is 15.3. The molecule has 1 amide bonds. The van der Waals surface area contributed by atoms with Crippen molar-refractivity contribution in [2.24, 2.45) is 0 Å². The van der Waals surface area contributed by atoms with Crippen molar-refractivity contribution in [3.63, 3.8) is 0 Å². The molecule has 0 aliphatic rings. The summed E-state index contributed by atoms with van der Waals surface area (Å²) >= 11 is 2.19. The normalized spacial score (nSPS) is 9.93. The maximum Gasteiger partial charge on any atom is 0.297 e. The number of benzene rings is 1. The number of halogens is 1. The highest BCUT2D eigenvalue weighted by molar-refractivity contribution is 14.1. The molecule has 2 rings (SSSR count). The molecule has 0 radical (unpaired) electrons. The summed E-state index contributed by atoms with van der Waals surface area (Å²) in [7, 11) is 0. The number of nitrogens with zero attached hydrogens (tertiary/aromatic N) is 3. The van der Waals surface area contributed by atoms with Gasteiger partial charge in [0.1, 0.15) is 0 Å². The predicted octanol–water partition coefficient (Wildman–Crippen LogP) is 1.06. The van der Waals surface area contributed by atoms with Gasteiger partial charge in [-0.2, -0.15) is 5.21 Å². The van der Waals surface area contributed by atoms with Gasteiger partial charge >= 0.3 is 0 Å². The first-order chi connectivity index (χ1) is 7.25. The first-order valence-electron chi connectivity index (χ1n) is 4.06. The minimum absolute atomic E-state index is 0.0218. The number of nitrogens with one attached hydrogen (secondary N) is 2. The standard InChI is InChI=1S/C8H6IN5O/c9-5-1-3-6(4-2-5)10-8(15)7-11-13-14-12-7/h1-4H,(H,10,15)(H,11,12,13,14). The zero-order valence-electron chi connectivity index (χ0n) is 7.44. The molecule has 2 aromatic rings. The average molecular weight is 315 g/mol. The van der Waals surface area contributed by atoms with E-state index in [1.807, 2.05) is 12.1 Å². The molecule has 1 aromatic carbocycles. The molecule has 76 valence electrons. The van der Waals surface area contributed by atoms with Crippen molar-refractivity contribution in [3.8, 4) is 0 Å². The number of aromatic amines is 1. The van der Waals surface area contributed by atoms with E-state index in [-0.39, 0.29) is 11.7 Å². The number of amides is 1. The molecule has 1 aromatic heterocycles. The van der Waals surface area contributed by atoms with Gasteiger partial charge in [-0.25, -0.2) is 0 Å². The van der Waals surface area contributed by atoms with Crippen molar-refractivity contribution in [1.82, 2.24) is 20.6 Å². The average Bonchev–Trinajstić information content (AvgIpc) is 2.74. The fourth-order valence-electron chi connectivity index (χ4n) is 0.978. The molecule has 0 saturated carbocycles. The molecule has 0 spiro atoms. The second-order valence-corrected chi connectivity index (χ2v) is 3.94. The van der Waals surface area contributed by atoms with Gasteiger partial charge < -0.3 is 5.32 Å². The number of carbonyl (C=O) groups is 1. The zero-order valence-corrected chi connectivity index (χ0v) is 9.59. The number of hydrogen-bond acceptors (Lipinski definition) is 4. The smallest absolute Gasteiger partial charge is 0.297 e. The van der Waals surface area contributed by atoms with Gasteiger partial charge in [-0.1, -0.05) is 0 Å². The van der Waals surface area contributed by atoms with Crippen molar-refractivity contribution in [1.29, 1.82) is 0 Å². The Bertz CT molecular complexity index is 452. The number of aromatic nitrogens is 4. The predicted molar refractivity (Wildman–Crippen MR) is 61.3 cm³/mol. The molecule has 15 heavy (non-hydrogen) atoms. The maximum absolute atomic E-state index is 11.5. The van der Waals surface area contributed by atoms with Gasteiger partial charge in [0.2, 0.25) is 0 Å². The number of H-pyrrole nitrogens is 1. The van der Waals surface area contributed by atoms with Crippen LogP contribution in [-0.2, 0) is 0 Å². The monoisotopic (exact) mass is 315 g/mol. The number of carbonyl (C=O) groups excluding carboxylic acids is 1. The highest BCUT2D eigenvalue weighted by atomic mass is 127. The minimum Gasteiger partial charge on any atom is -0.319 e. The van der Waals surface area contributed by atoms with Gasteiger partial charge in [0.25, 0.3) is 11.7 Å². The molecule has 0 unspecified atom stereocenters. The summed E-state index contributed by atoms with van der Waals surface area (Å²) in [5.74, 6) is -0.362. The van der Waals surface area contributed by atoms with Crippen LogP contribution in [0.5, 0.6) is 0 Å². The molecule has 0 bridgehead atoms. The topological polar surface area (TPSA) is 83.6 Å². The van der Waals surface area contributed by atoms with E-state index in [0.29, 0.717) is 5.69 Å². The third-order valence-electron chi connectivity index (χ3n) is 1.65. The Morgan fingerprint density at radius 3 is 2.67 bits per heavy atom. The van der Waals surface area contributed by atoms with Gasteiger partial charge in [-0.3, -0.25) is 4.79 Å². The van der Waals surface area contributed by atoms with Crippen LogP contribution in [0.4, 0.5) is 5.69 Å². The van der Waals surface area contributed by atoms with Crippen LogP contribution < -0.4 is 5.32 Å². The number of rotatable bonds is 2. The quantitative estimate of drug-likeness (QED) is 0.812. The summed E-state index contributed by atoms with van der Waals surface area (Å²) in [5.41, 5.74) is 0.699. The van der Waals surface area contributed by atoms with Crippen LogP contribution in [0.2, 0.25) is 0 Å². The fraction of sp³-hybridized carbons (Fsp3) is 0. The van der Waals surface area contributed by atoms with Gasteiger partial charge in [-0.15, -0.1) is 10.2 Å². The Balaban J connectivity index is 2.09. The summed E-state index contributed by atoms with van der Waals surface area (Å²) in [6.07, 6.45) is 0. The Morgan fingerprint density at radius 2 is 2.07 bits per heavy atom. The second kappa shape index (κ2) is 4.34. The number of hydrogen-bond donors (Lipinski definition) is 2. The largest absolute Gasteiger partial charge is 0.319 e. The summed E-state index contributed by atoms with van der Waals surface area (Å²) in [6, 6.07) is 7.40. The van der Waals surface area contributed by atoms with E-state index in [1.54, 1.807) is 12.1 Å². The molecular weight excluding hydrogens is 309 g/mol. The molecular formula is C8H6IN5O. The van der Waals surface area contributed by atoms with Crippen molar-refractivity contribution in [3.05, 3.63) is 33.7 Å². The van der Waals surface area contributed by atoms with E-state index in [9.17, 15) is 4.79 Å². The first-order valence-corrected chi connectivity index (χ1v) is 5.14. The molecule has 0 saturated heterocycles. The zero-order chi connectivity index (χ0) is 10.7. The van der Waals surface area contributed by atoms with Gasteiger partial charge in [0.05, 0.1) is 0 Å². The van der Waals surface area contributed by atoms with E-state index < -0.39 is 0 Å². The Kier molecular flexibility index (Phi) is 2.90. The van der Waals surface area contributed by atoms with Crippen molar-refractivity contribution < 1.29 is 4.79 Å². The van der Waals surface area contributed by atoms with E-state index in [2.05, 4.69) is 48.5 Å². The van der Waals surface area contributed by atoms with Crippen LogP contribution >= 0.6 is 22.6 Å². The highest BCUT2D eigenvalue weighted by Gasteiger charge is 2.10. The maximum atomic E-state index is 11.5. The molecule has 7 heteroatoms. The molecule has 0 atom stereocenters.